The van der Waals surface area contributed by atoms with Gasteiger partial charge in [0.1, 0.15) is 0 Å². The van der Waals surface area contributed by atoms with Crippen molar-refractivity contribution in [2.24, 2.45) is 5.92 Å². The molecular weight excluding hydrogens is 248 g/mol. The van der Waals surface area contributed by atoms with E-state index in [2.05, 4.69) is 24.1 Å². The molecule has 1 saturated carbocycles. The third-order valence-electron chi connectivity index (χ3n) is 5.84. The molecule has 2 heterocycles. The van der Waals surface area contributed by atoms with Crippen LogP contribution < -0.4 is 5.32 Å². The van der Waals surface area contributed by atoms with Crippen molar-refractivity contribution in [2.45, 2.75) is 76.5 Å². The van der Waals surface area contributed by atoms with E-state index >= 15 is 0 Å². The Labute approximate surface area is 124 Å². The van der Waals surface area contributed by atoms with Gasteiger partial charge in [0.15, 0.2) is 0 Å². The summed E-state index contributed by atoms with van der Waals surface area (Å²) in [6, 6.07) is 1.53. The number of rotatable bonds is 4. The summed E-state index contributed by atoms with van der Waals surface area (Å²) in [5, 5.41) is 3.73. The van der Waals surface area contributed by atoms with Crippen LogP contribution in [-0.4, -0.2) is 48.8 Å². The van der Waals surface area contributed by atoms with Crippen LogP contribution in [0.5, 0.6) is 0 Å². The van der Waals surface area contributed by atoms with Crippen LogP contribution in [0.1, 0.15) is 58.8 Å². The minimum Gasteiger partial charge on any atom is -0.375 e. The number of hydrogen-bond donors (Lipinski definition) is 1. The quantitative estimate of drug-likeness (QED) is 0.857. The highest BCUT2D eigenvalue weighted by Gasteiger charge is 2.44. The van der Waals surface area contributed by atoms with Crippen LogP contribution in [-0.2, 0) is 4.74 Å². The lowest BCUT2D eigenvalue weighted by Gasteiger charge is -2.51. The second-order valence-electron chi connectivity index (χ2n) is 7.35. The second kappa shape index (κ2) is 6.33. The van der Waals surface area contributed by atoms with Crippen LogP contribution in [0.3, 0.4) is 0 Å². The summed E-state index contributed by atoms with van der Waals surface area (Å²) in [5.41, 5.74) is 0.295. The van der Waals surface area contributed by atoms with E-state index < -0.39 is 0 Å². The van der Waals surface area contributed by atoms with E-state index in [4.69, 9.17) is 4.74 Å². The molecule has 0 aromatic carbocycles. The number of hydrogen-bond acceptors (Lipinski definition) is 3. The molecule has 1 spiro atoms. The van der Waals surface area contributed by atoms with Crippen molar-refractivity contribution in [3.8, 4) is 0 Å². The van der Waals surface area contributed by atoms with Crippen LogP contribution in [0.4, 0.5) is 0 Å². The highest BCUT2D eigenvalue weighted by Crippen LogP contribution is 2.43. The minimum atomic E-state index is 0.295. The fourth-order valence-electron chi connectivity index (χ4n) is 4.38. The summed E-state index contributed by atoms with van der Waals surface area (Å²) in [7, 11) is 0. The van der Waals surface area contributed by atoms with Crippen molar-refractivity contribution in [1.29, 1.82) is 0 Å². The predicted molar refractivity (Wildman–Crippen MR) is 83.0 cm³/mol. The Balaban J connectivity index is 1.51. The van der Waals surface area contributed by atoms with Gasteiger partial charge in [-0.25, -0.2) is 0 Å². The Hall–Kier alpha value is -0.120. The number of piperidine rings is 1. The van der Waals surface area contributed by atoms with E-state index in [9.17, 15) is 0 Å². The normalized spacial score (nSPS) is 37.8. The topological polar surface area (TPSA) is 24.5 Å². The van der Waals surface area contributed by atoms with Crippen molar-refractivity contribution >= 4 is 0 Å². The SMILES string of the molecule is CCCNC1CCN(C2CCOC3(CCC3)C2)CC1C. The summed E-state index contributed by atoms with van der Waals surface area (Å²) in [6.07, 6.45) is 9.13. The Morgan fingerprint density at radius 1 is 1.30 bits per heavy atom. The maximum atomic E-state index is 6.08. The van der Waals surface area contributed by atoms with Gasteiger partial charge in [0.25, 0.3) is 0 Å². The molecule has 116 valence electrons. The predicted octanol–water partition coefficient (Wildman–Crippen LogP) is 2.80. The first kappa shape index (κ1) is 14.8. The molecule has 0 amide bonds. The molecule has 3 rings (SSSR count). The van der Waals surface area contributed by atoms with Gasteiger partial charge in [-0.15, -0.1) is 0 Å². The fourth-order valence-corrected chi connectivity index (χ4v) is 4.38. The summed E-state index contributed by atoms with van der Waals surface area (Å²) < 4.78 is 6.08. The summed E-state index contributed by atoms with van der Waals surface area (Å²) in [6.45, 7) is 9.42. The minimum absolute atomic E-state index is 0.295. The number of nitrogens with zero attached hydrogens (tertiary/aromatic N) is 1. The standard InChI is InChI=1S/C17H32N2O/c1-3-9-18-16-5-10-19(13-14(16)2)15-6-11-20-17(12-15)7-4-8-17/h14-16,18H,3-13H2,1-2H3. The zero-order chi connectivity index (χ0) is 14.0. The van der Waals surface area contributed by atoms with E-state index in [1.165, 1.54) is 64.6 Å². The zero-order valence-corrected chi connectivity index (χ0v) is 13.4. The van der Waals surface area contributed by atoms with E-state index in [-0.39, 0.29) is 0 Å². The van der Waals surface area contributed by atoms with Crippen LogP contribution in [0.2, 0.25) is 0 Å². The average Bonchev–Trinajstić information content (AvgIpc) is 2.44. The Bertz CT molecular complexity index is 316. The van der Waals surface area contributed by atoms with Gasteiger partial charge in [0.2, 0.25) is 0 Å². The first-order chi connectivity index (χ1) is 9.72. The third-order valence-corrected chi connectivity index (χ3v) is 5.84. The molecule has 3 heteroatoms. The maximum Gasteiger partial charge on any atom is 0.0697 e. The lowest BCUT2D eigenvalue weighted by molar-refractivity contribution is -0.151. The van der Waals surface area contributed by atoms with E-state index in [0.29, 0.717) is 5.60 Å². The molecule has 3 atom stereocenters. The summed E-state index contributed by atoms with van der Waals surface area (Å²) >= 11 is 0. The van der Waals surface area contributed by atoms with Gasteiger partial charge in [-0.3, -0.25) is 4.90 Å². The Morgan fingerprint density at radius 3 is 2.80 bits per heavy atom. The van der Waals surface area contributed by atoms with Crippen LogP contribution in [0.15, 0.2) is 0 Å². The molecule has 3 nitrogen and oxygen atoms in total. The summed E-state index contributed by atoms with van der Waals surface area (Å²) in [5.74, 6) is 0.787. The second-order valence-corrected chi connectivity index (χ2v) is 7.35. The van der Waals surface area contributed by atoms with Crippen LogP contribution in [0, 0.1) is 5.92 Å². The fraction of sp³-hybridized carbons (Fsp3) is 1.00. The number of ether oxygens (including phenoxy) is 1. The molecular formula is C17H32N2O. The molecule has 3 fully saturated rings. The highest BCUT2D eigenvalue weighted by molar-refractivity contribution is 4.98. The van der Waals surface area contributed by atoms with Gasteiger partial charge < -0.3 is 10.1 Å². The highest BCUT2D eigenvalue weighted by atomic mass is 16.5. The molecule has 1 aliphatic carbocycles. The first-order valence-electron chi connectivity index (χ1n) is 8.84. The average molecular weight is 280 g/mol. The molecule has 3 aliphatic rings. The number of nitrogens with one attached hydrogen (secondary N) is 1. The van der Waals surface area contributed by atoms with Crippen LogP contribution in [0.25, 0.3) is 0 Å². The van der Waals surface area contributed by atoms with Gasteiger partial charge in [0.05, 0.1) is 5.60 Å². The van der Waals surface area contributed by atoms with Gasteiger partial charge >= 0.3 is 0 Å². The molecule has 0 bridgehead atoms. The van der Waals surface area contributed by atoms with Gasteiger partial charge in [-0.1, -0.05) is 13.8 Å². The monoisotopic (exact) mass is 280 g/mol. The third kappa shape index (κ3) is 3.05. The first-order valence-corrected chi connectivity index (χ1v) is 8.84. The van der Waals surface area contributed by atoms with Crippen molar-refractivity contribution in [1.82, 2.24) is 10.2 Å². The largest absolute Gasteiger partial charge is 0.375 e. The summed E-state index contributed by atoms with van der Waals surface area (Å²) in [4.78, 5) is 2.78. The molecule has 2 saturated heterocycles. The molecule has 2 aliphatic heterocycles. The maximum absolute atomic E-state index is 6.08. The van der Waals surface area contributed by atoms with Gasteiger partial charge in [-0.2, -0.15) is 0 Å². The molecule has 0 aromatic heterocycles. The lowest BCUT2D eigenvalue weighted by atomic mass is 9.73. The van der Waals surface area contributed by atoms with Crippen molar-refractivity contribution in [2.75, 3.05) is 26.2 Å². The zero-order valence-electron chi connectivity index (χ0n) is 13.4. The Morgan fingerprint density at radius 2 is 2.15 bits per heavy atom. The lowest BCUT2D eigenvalue weighted by Crippen LogP contribution is -2.56. The molecule has 3 unspecified atom stereocenters. The van der Waals surface area contributed by atoms with E-state index in [1.54, 1.807) is 0 Å². The Kier molecular flexibility index (Phi) is 4.68. The molecule has 0 aromatic rings. The molecule has 1 N–H and O–H groups in total. The van der Waals surface area contributed by atoms with Crippen LogP contribution >= 0.6 is 0 Å². The van der Waals surface area contributed by atoms with Gasteiger partial charge in [0, 0.05) is 25.2 Å². The van der Waals surface area contributed by atoms with Gasteiger partial charge in [-0.05, 0) is 64.0 Å². The number of likely N-dealkylation sites (tertiary alicyclic amines) is 1. The molecule has 0 radical (unpaired) electrons. The van der Waals surface area contributed by atoms with E-state index in [1.807, 2.05) is 0 Å². The molecule has 20 heavy (non-hydrogen) atoms. The van der Waals surface area contributed by atoms with Crippen molar-refractivity contribution in [3.63, 3.8) is 0 Å². The van der Waals surface area contributed by atoms with Crippen molar-refractivity contribution in [3.05, 3.63) is 0 Å². The van der Waals surface area contributed by atoms with E-state index in [0.717, 1.165) is 24.6 Å². The smallest absolute Gasteiger partial charge is 0.0697 e. The van der Waals surface area contributed by atoms with Crippen molar-refractivity contribution < 1.29 is 4.74 Å².